The van der Waals surface area contributed by atoms with Crippen molar-refractivity contribution in [1.29, 1.82) is 0 Å². The number of halogens is 2. The molecule has 0 aliphatic heterocycles. The van der Waals surface area contributed by atoms with E-state index in [1.807, 2.05) is 12.1 Å². The van der Waals surface area contributed by atoms with E-state index >= 15 is 0 Å². The maximum atomic E-state index is 13.2. The van der Waals surface area contributed by atoms with E-state index in [0.717, 1.165) is 42.7 Å². The molecule has 0 radical (unpaired) electrons. The summed E-state index contributed by atoms with van der Waals surface area (Å²) >= 11 is 0. The fourth-order valence-corrected chi connectivity index (χ4v) is 4.43. The molecule has 0 unspecified atom stereocenters. The minimum absolute atomic E-state index is 0.0846. The molecule has 2 aromatic heterocycles. The Hall–Kier alpha value is -3.62. The van der Waals surface area contributed by atoms with Gasteiger partial charge in [0.2, 0.25) is 0 Å². The van der Waals surface area contributed by atoms with E-state index in [0.29, 0.717) is 5.82 Å². The first-order chi connectivity index (χ1) is 14.9. The van der Waals surface area contributed by atoms with Gasteiger partial charge in [0.25, 0.3) is 5.91 Å². The molecule has 3 aliphatic rings. The van der Waals surface area contributed by atoms with Gasteiger partial charge < -0.3 is 15.4 Å². The average molecular weight is 423 g/mol. The Kier molecular flexibility index (Phi) is 4.53. The normalized spacial score (nSPS) is 23.3. The van der Waals surface area contributed by atoms with Crippen molar-refractivity contribution in [3.8, 4) is 17.0 Å². The molecule has 2 bridgehead atoms. The molecular formula is C22H19F2N5O2. The smallest absolute Gasteiger partial charge is 0.258 e. The highest BCUT2D eigenvalue weighted by Gasteiger charge is 2.68. The summed E-state index contributed by atoms with van der Waals surface area (Å²) in [4.78, 5) is 25.1. The topological polar surface area (TPSA) is 89.0 Å². The third-order valence-electron chi connectivity index (χ3n) is 5.70. The third kappa shape index (κ3) is 3.78. The summed E-state index contributed by atoms with van der Waals surface area (Å²) in [7, 11) is 0. The van der Waals surface area contributed by atoms with Crippen molar-refractivity contribution < 1.29 is 18.3 Å². The van der Waals surface area contributed by atoms with Crippen LogP contribution in [0.4, 0.5) is 14.6 Å². The van der Waals surface area contributed by atoms with E-state index in [-0.39, 0.29) is 29.3 Å². The molecule has 3 aromatic rings. The van der Waals surface area contributed by atoms with E-state index in [9.17, 15) is 13.6 Å². The fraction of sp³-hybridized carbons (Fsp3) is 0.273. The van der Waals surface area contributed by atoms with Crippen LogP contribution in [0.5, 0.6) is 5.75 Å². The summed E-state index contributed by atoms with van der Waals surface area (Å²) in [5.41, 5.74) is 1.32. The second-order valence-electron chi connectivity index (χ2n) is 8.16. The number of nitrogens with one attached hydrogen (secondary N) is 2. The van der Waals surface area contributed by atoms with Crippen LogP contribution in [0.15, 0.2) is 55.1 Å². The quantitative estimate of drug-likeness (QED) is 0.607. The van der Waals surface area contributed by atoms with Gasteiger partial charge in [-0.15, -0.1) is 0 Å². The number of nitrogens with zero attached hydrogens (tertiary/aromatic N) is 3. The minimum Gasteiger partial charge on any atom is -0.484 e. The van der Waals surface area contributed by atoms with Gasteiger partial charge in [-0.25, -0.2) is 13.8 Å². The highest BCUT2D eigenvalue weighted by molar-refractivity contribution is 5.79. The number of rotatable bonds is 7. The van der Waals surface area contributed by atoms with Crippen LogP contribution in [-0.2, 0) is 4.79 Å². The van der Waals surface area contributed by atoms with E-state index in [1.165, 1.54) is 6.07 Å². The van der Waals surface area contributed by atoms with Crippen molar-refractivity contribution in [3.63, 3.8) is 0 Å². The van der Waals surface area contributed by atoms with Crippen LogP contribution >= 0.6 is 0 Å². The molecule has 31 heavy (non-hydrogen) atoms. The predicted molar refractivity (Wildman–Crippen MR) is 108 cm³/mol. The van der Waals surface area contributed by atoms with Gasteiger partial charge in [-0.2, -0.15) is 0 Å². The molecule has 2 N–H and O–H groups in total. The van der Waals surface area contributed by atoms with Gasteiger partial charge in [0.15, 0.2) is 18.2 Å². The third-order valence-corrected chi connectivity index (χ3v) is 5.70. The second kappa shape index (κ2) is 7.26. The zero-order chi connectivity index (χ0) is 21.5. The van der Waals surface area contributed by atoms with Gasteiger partial charge in [-0.1, -0.05) is 0 Å². The van der Waals surface area contributed by atoms with Gasteiger partial charge in [-0.05, 0) is 43.5 Å². The molecular weight excluding hydrogens is 404 g/mol. The predicted octanol–water partition coefficient (Wildman–Crippen LogP) is 3.10. The first-order valence-corrected chi connectivity index (χ1v) is 9.84. The standard InChI is InChI=1S/C22H19F2N5O2/c23-16-4-3-15(6-17(16)24)31-10-20(30)29-22-11-21(12-22,13-22)28-19-9-26-18(8-27-19)14-2-1-5-25-7-14/h1-9H,10-13H2,(H,27,28)(H,29,30). The van der Waals surface area contributed by atoms with E-state index < -0.39 is 11.6 Å². The van der Waals surface area contributed by atoms with E-state index in [4.69, 9.17) is 4.74 Å². The largest absolute Gasteiger partial charge is 0.484 e. The zero-order valence-corrected chi connectivity index (χ0v) is 16.4. The van der Waals surface area contributed by atoms with Crippen LogP contribution in [0.1, 0.15) is 19.3 Å². The van der Waals surface area contributed by atoms with Crippen molar-refractivity contribution in [2.75, 3.05) is 11.9 Å². The Morgan fingerprint density at radius 1 is 1.03 bits per heavy atom. The molecule has 3 aliphatic carbocycles. The number of hydrogen-bond acceptors (Lipinski definition) is 6. The van der Waals surface area contributed by atoms with Crippen LogP contribution in [0, 0.1) is 11.6 Å². The Morgan fingerprint density at radius 2 is 1.87 bits per heavy atom. The summed E-state index contributed by atoms with van der Waals surface area (Å²) in [6.07, 6.45) is 9.19. The lowest BCUT2D eigenvalue weighted by Crippen LogP contribution is -2.81. The summed E-state index contributed by atoms with van der Waals surface area (Å²) in [6.45, 7) is -0.255. The first-order valence-electron chi connectivity index (χ1n) is 9.84. The first kappa shape index (κ1) is 19.3. The van der Waals surface area contributed by atoms with Gasteiger partial charge in [0.1, 0.15) is 11.6 Å². The van der Waals surface area contributed by atoms with Gasteiger partial charge in [0.05, 0.1) is 18.1 Å². The number of anilines is 1. The molecule has 0 atom stereocenters. The van der Waals surface area contributed by atoms with Gasteiger partial charge >= 0.3 is 0 Å². The molecule has 1 amide bonds. The van der Waals surface area contributed by atoms with Crippen molar-refractivity contribution >= 4 is 11.7 Å². The number of hydrogen-bond donors (Lipinski definition) is 2. The lowest BCUT2D eigenvalue weighted by Gasteiger charge is -2.70. The number of pyridine rings is 1. The van der Waals surface area contributed by atoms with Crippen LogP contribution in [0.25, 0.3) is 11.3 Å². The molecule has 0 spiro atoms. The number of ether oxygens (including phenoxy) is 1. The summed E-state index contributed by atoms with van der Waals surface area (Å²) in [5.74, 6) is -1.47. The van der Waals surface area contributed by atoms with E-state index in [1.54, 1.807) is 24.8 Å². The number of amides is 1. The Bertz CT molecular complexity index is 1100. The fourth-order valence-electron chi connectivity index (χ4n) is 4.43. The monoisotopic (exact) mass is 423 g/mol. The van der Waals surface area contributed by atoms with Gasteiger partial charge in [0, 0.05) is 35.1 Å². The molecule has 3 fully saturated rings. The highest BCUT2D eigenvalue weighted by atomic mass is 19.2. The lowest BCUT2D eigenvalue weighted by atomic mass is 9.44. The van der Waals surface area contributed by atoms with Crippen LogP contribution in [0.3, 0.4) is 0 Å². The van der Waals surface area contributed by atoms with Crippen molar-refractivity contribution in [1.82, 2.24) is 20.3 Å². The molecule has 7 nitrogen and oxygen atoms in total. The zero-order valence-electron chi connectivity index (χ0n) is 16.4. The van der Waals surface area contributed by atoms with Crippen LogP contribution in [-0.4, -0.2) is 38.5 Å². The average Bonchev–Trinajstić information content (AvgIpc) is 2.73. The molecule has 158 valence electrons. The van der Waals surface area contributed by atoms with Crippen LogP contribution in [0.2, 0.25) is 0 Å². The van der Waals surface area contributed by atoms with Crippen molar-refractivity contribution in [2.45, 2.75) is 30.3 Å². The minimum atomic E-state index is -1.01. The molecule has 0 saturated heterocycles. The van der Waals surface area contributed by atoms with Crippen molar-refractivity contribution in [2.24, 2.45) is 0 Å². The summed E-state index contributed by atoms with van der Waals surface area (Å²) < 4.78 is 31.4. The molecule has 2 heterocycles. The summed E-state index contributed by atoms with van der Waals surface area (Å²) in [5, 5.41) is 6.40. The molecule has 6 rings (SSSR count). The number of benzene rings is 1. The number of carbonyl (C=O) groups is 1. The Labute approximate surface area is 176 Å². The van der Waals surface area contributed by atoms with Gasteiger partial charge in [-0.3, -0.25) is 14.8 Å². The summed E-state index contributed by atoms with van der Waals surface area (Å²) in [6, 6.07) is 6.94. The lowest BCUT2D eigenvalue weighted by molar-refractivity contribution is -0.135. The maximum Gasteiger partial charge on any atom is 0.258 e. The SMILES string of the molecule is O=C(COc1ccc(F)c(F)c1)NC12CC(Nc3cnc(-c4cccnc4)cn3)(C1)C2. The Morgan fingerprint density at radius 3 is 2.55 bits per heavy atom. The van der Waals surface area contributed by atoms with Crippen LogP contribution < -0.4 is 15.4 Å². The maximum absolute atomic E-state index is 13.2. The highest BCUT2D eigenvalue weighted by Crippen LogP contribution is 2.61. The van der Waals surface area contributed by atoms with E-state index in [2.05, 4.69) is 25.6 Å². The molecule has 1 aromatic carbocycles. The molecule has 9 heteroatoms. The second-order valence-corrected chi connectivity index (χ2v) is 8.16. The number of carbonyl (C=O) groups excluding carboxylic acids is 1. The molecule has 3 saturated carbocycles. The van der Waals surface area contributed by atoms with Crippen molar-refractivity contribution in [3.05, 3.63) is 66.8 Å². The number of aromatic nitrogens is 3. The Balaban J connectivity index is 1.10.